The van der Waals surface area contributed by atoms with Gasteiger partial charge in [-0.2, -0.15) is 20.2 Å². The van der Waals surface area contributed by atoms with E-state index in [-0.39, 0.29) is 5.28 Å². The Kier molecular flexibility index (Phi) is 4.74. The maximum Gasteiger partial charge on any atom is 0.231 e. The molecule has 1 aromatic heterocycles. The monoisotopic (exact) mass is 280 g/mol. The van der Waals surface area contributed by atoms with Gasteiger partial charge >= 0.3 is 0 Å². The van der Waals surface area contributed by atoms with E-state index < -0.39 is 0 Å². The molecule has 0 radical (unpaired) electrons. The van der Waals surface area contributed by atoms with Crippen LogP contribution < -0.4 is 9.80 Å². The van der Waals surface area contributed by atoms with Crippen LogP contribution in [-0.2, 0) is 0 Å². The Hall–Kier alpha value is -1.61. The van der Waals surface area contributed by atoms with E-state index in [0.29, 0.717) is 24.9 Å². The van der Waals surface area contributed by atoms with E-state index in [4.69, 9.17) is 16.9 Å². The summed E-state index contributed by atoms with van der Waals surface area (Å²) in [6.45, 7) is 5.27. The quantitative estimate of drug-likeness (QED) is 0.820. The van der Waals surface area contributed by atoms with E-state index in [1.165, 1.54) is 0 Å². The van der Waals surface area contributed by atoms with Crippen molar-refractivity contribution in [1.29, 1.82) is 5.26 Å². The van der Waals surface area contributed by atoms with Crippen molar-refractivity contribution in [3.8, 4) is 6.07 Å². The largest absolute Gasteiger partial charge is 0.341 e. The molecule has 0 saturated carbocycles. The summed E-state index contributed by atoms with van der Waals surface area (Å²) in [5.41, 5.74) is 0. The summed E-state index contributed by atoms with van der Waals surface area (Å²) < 4.78 is 0. The molecule has 0 amide bonds. The van der Waals surface area contributed by atoms with Crippen molar-refractivity contribution in [2.75, 3.05) is 36.0 Å². The Morgan fingerprint density at radius 1 is 1.32 bits per heavy atom. The van der Waals surface area contributed by atoms with Crippen molar-refractivity contribution in [3.63, 3.8) is 0 Å². The molecule has 1 fully saturated rings. The lowest BCUT2D eigenvalue weighted by Crippen LogP contribution is -2.28. The molecule has 19 heavy (non-hydrogen) atoms. The lowest BCUT2D eigenvalue weighted by Gasteiger charge is -2.21. The smallest absolute Gasteiger partial charge is 0.231 e. The third kappa shape index (κ3) is 3.44. The predicted molar refractivity (Wildman–Crippen MR) is 74.4 cm³/mol. The second kappa shape index (κ2) is 6.53. The van der Waals surface area contributed by atoms with Crippen LogP contribution in [0.15, 0.2) is 0 Å². The molecular formula is C12H17ClN6. The van der Waals surface area contributed by atoms with Gasteiger partial charge in [0.15, 0.2) is 0 Å². The lowest BCUT2D eigenvalue weighted by atomic mass is 10.4. The highest BCUT2D eigenvalue weighted by molar-refractivity contribution is 6.28. The summed E-state index contributed by atoms with van der Waals surface area (Å²) in [4.78, 5) is 16.9. The van der Waals surface area contributed by atoms with Crippen LogP contribution in [0.4, 0.5) is 11.9 Å². The van der Waals surface area contributed by atoms with Gasteiger partial charge < -0.3 is 9.80 Å². The molecule has 1 aromatic rings. The molecule has 2 rings (SSSR count). The fraction of sp³-hybridized carbons (Fsp3) is 0.667. The van der Waals surface area contributed by atoms with E-state index in [0.717, 1.165) is 32.5 Å². The molecule has 0 N–H and O–H groups in total. The van der Waals surface area contributed by atoms with Crippen LogP contribution in [0.1, 0.15) is 26.2 Å². The van der Waals surface area contributed by atoms with Gasteiger partial charge in [-0.25, -0.2) is 0 Å². The molecule has 0 aromatic carbocycles. The highest BCUT2D eigenvalue weighted by Crippen LogP contribution is 2.20. The minimum absolute atomic E-state index is 0.210. The number of hydrogen-bond donors (Lipinski definition) is 0. The summed E-state index contributed by atoms with van der Waals surface area (Å²) in [7, 11) is 0. The van der Waals surface area contributed by atoms with Gasteiger partial charge in [0.25, 0.3) is 0 Å². The van der Waals surface area contributed by atoms with Gasteiger partial charge in [-0.15, -0.1) is 0 Å². The molecule has 1 aliphatic rings. The van der Waals surface area contributed by atoms with Crippen LogP contribution in [0, 0.1) is 11.3 Å². The van der Waals surface area contributed by atoms with Crippen LogP contribution in [-0.4, -0.2) is 41.1 Å². The maximum atomic E-state index is 8.68. The van der Waals surface area contributed by atoms with Gasteiger partial charge in [-0.3, -0.25) is 0 Å². The second-order valence-electron chi connectivity index (χ2n) is 4.39. The summed E-state index contributed by atoms with van der Waals surface area (Å²) in [6, 6.07) is 2.13. The highest BCUT2D eigenvalue weighted by atomic mass is 35.5. The standard InChI is InChI=1S/C12H17ClN6/c1-2-18(9-5-6-14)11-15-10(13)16-12(17-11)19-7-3-4-8-19/h2-5,7-9H2,1H3. The molecule has 0 atom stereocenters. The number of halogens is 1. The number of rotatable bonds is 5. The Labute approximate surface area is 118 Å². The fourth-order valence-corrected chi connectivity index (χ4v) is 2.27. The van der Waals surface area contributed by atoms with Crippen LogP contribution in [0.5, 0.6) is 0 Å². The highest BCUT2D eigenvalue weighted by Gasteiger charge is 2.18. The number of nitriles is 1. The van der Waals surface area contributed by atoms with Crippen molar-refractivity contribution in [1.82, 2.24) is 15.0 Å². The second-order valence-corrected chi connectivity index (χ2v) is 4.72. The zero-order valence-corrected chi connectivity index (χ0v) is 11.8. The summed E-state index contributed by atoms with van der Waals surface area (Å²) in [5, 5.41) is 8.89. The number of hydrogen-bond acceptors (Lipinski definition) is 6. The maximum absolute atomic E-state index is 8.68. The SMILES string of the molecule is CCN(CCC#N)c1nc(Cl)nc(N2CCCC2)n1. The molecule has 102 valence electrons. The van der Waals surface area contributed by atoms with Gasteiger partial charge in [-0.1, -0.05) is 0 Å². The van der Waals surface area contributed by atoms with Crippen molar-refractivity contribution >= 4 is 23.5 Å². The molecule has 1 saturated heterocycles. The third-order valence-corrected chi connectivity index (χ3v) is 3.30. The normalized spacial score (nSPS) is 14.5. The first-order valence-electron chi connectivity index (χ1n) is 6.53. The molecule has 1 aliphatic heterocycles. The van der Waals surface area contributed by atoms with E-state index in [1.807, 2.05) is 11.8 Å². The van der Waals surface area contributed by atoms with Crippen molar-refractivity contribution < 1.29 is 0 Å². The average Bonchev–Trinajstić information content (AvgIpc) is 2.93. The van der Waals surface area contributed by atoms with Crippen molar-refractivity contribution in [2.24, 2.45) is 0 Å². The molecular weight excluding hydrogens is 264 g/mol. The zero-order chi connectivity index (χ0) is 13.7. The van der Waals surface area contributed by atoms with E-state index in [1.54, 1.807) is 0 Å². The number of anilines is 2. The summed E-state index contributed by atoms with van der Waals surface area (Å²) >= 11 is 5.98. The zero-order valence-electron chi connectivity index (χ0n) is 11.0. The van der Waals surface area contributed by atoms with E-state index in [9.17, 15) is 0 Å². The van der Waals surface area contributed by atoms with E-state index >= 15 is 0 Å². The van der Waals surface area contributed by atoms with Gasteiger partial charge in [0.05, 0.1) is 12.5 Å². The van der Waals surface area contributed by atoms with Gasteiger partial charge in [0.1, 0.15) is 0 Å². The first-order chi connectivity index (χ1) is 9.24. The Balaban J connectivity index is 2.21. The Morgan fingerprint density at radius 2 is 2.05 bits per heavy atom. The summed E-state index contributed by atoms with van der Waals surface area (Å²) in [5.74, 6) is 1.20. The topological polar surface area (TPSA) is 68.9 Å². The summed E-state index contributed by atoms with van der Waals surface area (Å²) in [6.07, 6.45) is 2.76. The van der Waals surface area contributed by atoms with Gasteiger partial charge in [-0.05, 0) is 31.4 Å². The number of aromatic nitrogens is 3. The minimum atomic E-state index is 0.210. The first-order valence-corrected chi connectivity index (χ1v) is 6.90. The van der Waals surface area contributed by atoms with Gasteiger partial charge in [0.2, 0.25) is 17.2 Å². The van der Waals surface area contributed by atoms with Crippen LogP contribution in [0.25, 0.3) is 0 Å². The molecule has 7 heteroatoms. The van der Waals surface area contributed by atoms with Crippen molar-refractivity contribution in [2.45, 2.75) is 26.2 Å². The molecule has 0 aliphatic carbocycles. The Bertz CT molecular complexity index is 466. The molecule has 0 spiro atoms. The third-order valence-electron chi connectivity index (χ3n) is 3.13. The lowest BCUT2D eigenvalue weighted by molar-refractivity contribution is 0.774. The number of nitrogens with zero attached hydrogens (tertiary/aromatic N) is 6. The first kappa shape index (κ1) is 13.8. The molecule has 6 nitrogen and oxygen atoms in total. The van der Waals surface area contributed by atoms with Gasteiger partial charge in [0, 0.05) is 26.2 Å². The average molecular weight is 281 g/mol. The minimum Gasteiger partial charge on any atom is -0.341 e. The molecule has 0 bridgehead atoms. The van der Waals surface area contributed by atoms with Crippen LogP contribution >= 0.6 is 11.6 Å². The van der Waals surface area contributed by atoms with E-state index in [2.05, 4.69) is 25.9 Å². The fourth-order valence-electron chi connectivity index (χ4n) is 2.11. The molecule has 0 unspecified atom stereocenters. The Morgan fingerprint density at radius 3 is 2.68 bits per heavy atom. The van der Waals surface area contributed by atoms with Crippen LogP contribution in [0.2, 0.25) is 5.28 Å². The predicted octanol–water partition coefficient (Wildman–Crippen LogP) is 1.87. The van der Waals surface area contributed by atoms with Crippen LogP contribution in [0.3, 0.4) is 0 Å². The molecule has 2 heterocycles. The van der Waals surface area contributed by atoms with Crippen molar-refractivity contribution in [3.05, 3.63) is 5.28 Å².